The van der Waals surface area contributed by atoms with E-state index in [-0.39, 0.29) is 11.6 Å². The SMILES string of the molecule is CCc1cn(CC(N)c2ccccc2)c(=O)[nH]c1=O. The minimum absolute atomic E-state index is 0.283. The molecule has 2 rings (SSSR count). The van der Waals surface area contributed by atoms with E-state index in [1.165, 1.54) is 4.57 Å². The largest absolute Gasteiger partial charge is 0.328 e. The molecule has 5 nitrogen and oxygen atoms in total. The zero-order chi connectivity index (χ0) is 13.8. The molecule has 1 heterocycles. The molecule has 1 atom stereocenters. The van der Waals surface area contributed by atoms with Crippen LogP contribution in [0.3, 0.4) is 0 Å². The third kappa shape index (κ3) is 3.00. The molecule has 1 unspecified atom stereocenters. The van der Waals surface area contributed by atoms with Crippen LogP contribution in [0.4, 0.5) is 0 Å². The van der Waals surface area contributed by atoms with Crippen LogP contribution in [0.15, 0.2) is 46.1 Å². The summed E-state index contributed by atoms with van der Waals surface area (Å²) in [5, 5.41) is 0. The van der Waals surface area contributed by atoms with Gasteiger partial charge in [0.15, 0.2) is 0 Å². The average Bonchev–Trinajstić information content (AvgIpc) is 2.42. The second-order valence-corrected chi connectivity index (χ2v) is 4.44. The fraction of sp³-hybridized carbons (Fsp3) is 0.286. The van der Waals surface area contributed by atoms with Crippen LogP contribution in [-0.2, 0) is 13.0 Å². The molecule has 1 aromatic heterocycles. The maximum absolute atomic E-state index is 11.7. The van der Waals surface area contributed by atoms with Gasteiger partial charge in [0.2, 0.25) is 0 Å². The smallest absolute Gasteiger partial charge is 0.322 e. The Kier molecular flexibility index (Phi) is 3.97. The highest BCUT2D eigenvalue weighted by Crippen LogP contribution is 2.10. The maximum atomic E-state index is 11.7. The first-order valence-corrected chi connectivity index (χ1v) is 6.25. The number of H-pyrrole nitrogens is 1. The van der Waals surface area contributed by atoms with Gasteiger partial charge in [-0.25, -0.2) is 4.79 Å². The van der Waals surface area contributed by atoms with Crippen LogP contribution < -0.4 is 17.0 Å². The third-order valence-electron chi connectivity index (χ3n) is 3.09. The van der Waals surface area contributed by atoms with Crippen molar-refractivity contribution in [2.75, 3.05) is 0 Å². The lowest BCUT2D eigenvalue weighted by molar-refractivity contribution is 0.546. The number of nitrogens with zero attached hydrogens (tertiary/aromatic N) is 1. The van der Waals surface area contributed by atoms with Crippen molar-refractivity contribution in [2.45, 2.75) is 25.9 Å². The number of aromatic amines is 1. The summed E-state index contributed by atoms with van der Waals surface area (Å²) in [7, 11) is 0. The molecule has 0 spiro atoms. The number of nitrogens with one attached hydrogen (secondary N) is 1. The highest BCUT2D eigenvalue weighted by molar-refractivity contribution is 5.18. The van der Waals surface area contributed by atoms with Crippen LogP contribution in [0.1, 0.15) is 24.1 Å². The number of aromatic nitrogens is 2. The van der Waals surface area contributed by atoms with E-state index in [1.54, 1.807) is 6.20 Å². The molecule has 1 aromatic carbocycles. The van der Waals surface area contributed by atoms with Crippen LogP contribution in [0.2, 0.25) is 0 Å². The number of rotatable bonds is 4. The van der Waals surface area contributed by atoms with E-state index in [1.807, 2.05) is 37.3 Å². The fourth-order valence-electron chi connectivity index (χ4n) is 1.96. The van der Waals surface area contributed by atoms with Gasteiger partial charge in [0.1, 0.15) is 0 Å². The number of benzene rings is 1. The number of nitrogens with two attached hydrogens (primary N) is 1. The van der Waals surface area contributed by atoms with E-state index < -0.39 is 5.69 Å². The quantitative estimate of drug-likeness (QED) is 0.852. The van der Waals surface area contributed by atoms with Crippen molar-refractivity contribution in [3.63, 3.8) is 0 Å². The molecule has 0 aliphatic heterocycles. The Morgan fingerprint density at radius 1 is 1.26 bits per heavy atom. The Bertz CT molecular complexity index is 658. The molecule has 100 valence electrons. The minimum atomic E-state index is -0.423. The monoisotopic (exact) mass is 259 g/mol. The van der Waals surface area contributed by atoms with Crippen molar-refractivity contribution < 1.29 is 0 Å². The first kappa shape index (κ1) is 13.3. The van der Waals surface area contributed by atoms with Crippen LogP contribution in [0, 0.1) is 0 Å². The standard InChI is InChI=1S/C14H17N3O2/c1-2-10-8-17(14(19)16-13(10)18)9-12(15)11-6-4-3-5-7-11/h3-8,12H,2,9,15H2,1H3,(H,16,18,19). The molecule has 19 heavy (non-hydrogen) atoms. The predicted octanol–water partition coefficient (Wildman–Crippen LogP) is 0.799. The molecular formula is C14H17N3O2. The number of aryl methyl sites for hydroxylation is 1. The van der Waals surface area contributed by atoms with Gasteiger partial charge in [-0.05, 0) is 12.0 Å². The summed E-state index contributed by atoms with van der Waals surface area (Å²) in [4.78, 5) is 25.5. The Morgan fingerprint density at radius 2 is 1.95 bits per heavy atom. The van der Waals surface area contributed by atoms with Crippen LogP contribution >= 0.6 is 0 Å². The van der Waals surface area contributed by atoms with Gasteiger partial charge in [0.25, 0.3) is 5.56 Å². The summed E-state index contributed by atoms with van der Waals surface area (Å²) in [5.41, 5.74) is 6.87. The van der Waals surface area contributed by atoms with E-state index >= 15 is 0 Å². The summed E-state index contributed by atoms with van der Waals surface area (Å²) in [5.74, 6) is 0. The van der Waals surface area contributed by atoms with Gasteiger partial charge < -0.3 is 5.73 Å². The molecule has 0 aliphatic rings. The first-order chi connectivity index (χ1) is 9.11. The Labute approximate surface area is 110 Å². The average molecular weight is 259 g/mol. The Morgan fingerprint density at radius 3 is 2.58 bits per heavy atom. The maximum Gasteiger partial charge on any atom is 0.328 e. The molecule has 0 radical (unpaired) electrons. The Hall–Kier alpha value is -2.14. The van der Waals surface area contributed by atoms with E-state index in [0.29, 0.717) is 18.5 Å². The lowest BCUT2D eigenvalue weighted by atomic mass is 10.1. The van der Waals surface area contributed by atoms with E-state index in [2.05, 4.69) is 4.98 Å². The van der Waals surface area contributed by atoms with Crippen molar-refractivity contribution in [1.29, 1.82) is 0 Å². The van der Waals surface area contributed by atoms with Crippen LogP contribution in [0.5, 0.6) is 0 Å². The molecular weight excluding hydrogens is 242 g/mol. The predicted molar refractivity (Wildman–Crippen MR) is 74.1 cm³/mol. The summed E-state index contributed by atoms with van der Waals surface area (Å²) in [6, 6.07) is 9.28. The minimum Gasteiger partial charge on any atom is -0.322 e. The topological polar surface area (TPSA) is 80.9 Å². The fourth-order valence-corrected chi connectivity index (χ4v) is 1.96. The third-order valence-corrected chi connectivity index (χ3v) is 3.09. The summed E-state index contributed by atoms with van der Waals surface area (Å²) in [6.07, 6.45) is 2.17. The molecule has 0 saturated carbocycles. The van der Waals surface area contributed by atoms with Gasteiger partial charge >= 0.3 is 5.69 Å². The molecule has 0 aliphatic carbocycles. The van der Waals surface area contributed by atoms with Crippen molar-refractivity contribution in [2.24, 2.45) is 5.73 Å². The van der Waals surface area contributed by atoms with Gasteiger partial charge in [0, 0.05) is 24.3 Å². The van der Waals surface area contributed by atoms with Crippen molar-refractivity contribution in [3.8, 4) is 0 Å². The summed E-state index contributed by atoms with van der Waals surface area (Å²) in [6.45, 7) is 2.21. The Balaban J connectivity index is 2.29. The van der Waals surface area contributed by atoms with E-state index in [9.17, 15) is 9.59 Å². The summed E-state index contributed by atoms with van der Waals surface area (Å²) < 4.78 is 1.46. The molecule has 2 aromatic rings. The van der Waals surface area contributed by atoms with Crippen LogP contribution in [0.25, 0.3) is 0 Å². The molecule has 3 N–H and O–H groups in total. The highest BCUT2D eigenvalue weighted by Gasteiger charge is 2.09. The number of hydrogen-bond donors (Lipinski definition) is 2. The first-order valence-electron chi connectivity index (χ1n) is 6.25. The number of hydrogen-bond acceptors (Lipinski definition) is 3. The normalized spacial score (nSPS) is 12.3. The van der Waals surface area contributed by atoms with Gasteiger partial charge in [-0.15, -0.1) is 0 Å². The second-order valence-electron chi connectivity index (χ2n) is 4.44. The molecule has 0 fully saturated rings. The van der Waals surface area contributed by atoms with Gasteiger partial charge in [-0.3, -0.25) is 14.3 Å². The lowest BCUT2D eigenvalue weighted by Crippen LogP contribution is -2.34. The highest BCUT2D eigenvalue weighted by atomic mass is 16.2. The zero-order valence-corrected chi connectivity index (χ0v) is 10.8. The lowest BCUT2D eigenvalue weighted by Gasteiger charge is -2.14. The second kappa shape index (κ2) is 5.67. The summed E-state index contributed by atoms with van der Waals surface area (Å²) >= 11 is 0. The van der Waals surface area contributed by atoms with Crippen molar-refractivity contribution >= 4 is 0 Å². The van der Waals surface area contributed by atoms with E-state index in [4.69, 9.17) is 5.73 Å². The van der Waals surface area contributed by atoms with Gasteiger partial charge in [-0.1, -0.05) is 37.3 Å². The molecule has 0 saturated heterocycles. The van der Waals surface area contributed by atoms with Crippen molar-refractivity contribution in [3.05, 3.63) is 68.5 Å². The molecule has 5 heteroatoms. The van der Waals surface area contributed by atoms with Crippen molar-refractivity contribution in [1.82, 2.24) is 9.55 Å². The van der Waals surface area contributed by atoms with Crippen LogP contribution in [-0.4, -0.2) is 9.55 Å². The van der Waals surface area contributed by atoms with Gasteiger partial charge in [-0.2, -0.15) is 0 Å². The van der Waals surface area contributed by atoms with Gasteiger partial charge in [0.05, 0.1) is 0 Å². The molecule has 0 amide bonds. The van der Waals surface area contributed by atoms with E-state index in [0.717, 1.165) is 5.56 Å². The molecule has 0 bridgehead atoms. The zero-order valence-electron chi connectivity index (χ0n) is 10.8.